The summed E-state index contributed by atoms with van der Waals surface area (Å²) in [5, 5.41) is 4.43. The zero-order valence-electron chi connectivity index (χ0n) is 11.8. The van der Waals surface area contributed by atoms with Crippen LogP contribution in [0.15, 0.2) is 30.6 Å². The summed E-state index contributed by atoms with van der Waals surface area (Å²) in [7, 11) is 0. The van der Waals surface area contributed by atoms with Gasteiger partial charge in [0, 0.05) is 23.8 Å². The first-order chi connectivity index (χ1) is 10.3. The standard InChI is InChI=1S/C15H17N5S/c1-2-11-9-12-13(19-15(16)20-14(12)21-11)18-8-5-10-3-6-17-7-4-10/h3-4,6-7,9H,2,5,8H2,1H3,(H3,16,18,19,20). The number of nitrogens with two attached hydrogens (primary N) is 1. The second-order valence-electron chi connectivity index (χ2n) is 4.75. The van der Waals surface area contributed by atoms with Gasteiger partial charge in [-0.25, -0.2) is 4.98 Å². The molecule has 6 heteroatoms. The lowest BCUT2D eigenvalue weighted by molar-refractivity contribution is 1.00. The molecule has 0 aliphatic carbocycles. The molecule has 3 aromatic rings. The third kappa shape index (κ3) is 3.11. The first kappa shape index (κ1) is 13.8. The van der Waals surface area contributed by atoms with Crippen LogP contribution in [-0.4, -0.2) is 21.5 Å². The van der Waals surface area contributed by atoms with E-state index in [-0.39, 0.29) is 0 Å². The molecule has 21 heavy (non-hydrogen) atoms. The number of nitrogen functional groups attached to an aromatic ring is 1. The van der Waals surface area contributed by atoms with Crippen molar-refractivity contribution in [1.82, 2.24) is 15.0 Å². The number of rotatable bonds is 5. The van der Waals surface area contributed by atoms with E-state index in [0.717, 1.165) is 35.4 Å². The largest absolute Gasteiger partial charge is 0.369 e. The van der Waals surface area contributed by atoms with Gasteiger partial charge in [-0.2, -0.15) is 4.98 Å². The highest BCUT2D eigenvalue weighted by Gasteiger charge is 2.09. The Morgan fingerprint density at radius 3 is 2.81 bits per heavy atom. The van der Waals surface area contributed by atoms with Crippen LogP contribution in [0.2, 0.25) is 0 Å². The molecule has 0 atom stereocenters. The van der Waals surface area contributed by atoms with E-state index < -0.39 is 0 Å². The van der Waals surface area contributed by atoms with Gasteiger partial charge in [0.15, 0.2) is 0 Å². The van der Waals surface area contributed by atoms with Gasteiger partial charge in [0.2, 0.25) is 5.95 Å². The molecule has 0 spiro atoms. The molecule has 0 aliphatic heterocycles. The Labute approximate surface area is 127 Å². The minimum Gasteiger partial charge on any atom is -0.369 e. The monoisotopic (exact) mass is 299 g/mol. The molecule has 0 fully saturated rings. The molecule has 3 heterocycles. The van der Waals surface area contributed by atoms with Crippen molar-refractivity contribution in [2.24, 2.45) is 0 Å². The third-order valence-corrected chi connectivity index (χ3v) is 4.44. The maximum Gasteiger partial charge on any atom is 0.223 e. The number of fused-ring (bicyclic) bond motifs is 1. The van der Waals surface area contributed by atoms with Crippen molar-refractivity contribution in [1.29, 1.82) is 0 Å². The van der Waals surface area contributed by atoms with Gasteiger partial charge < -0.3 is 11.1 Å². The van der Waals surface area contributed by atoms with Crippen LogP contribution in [0.4, 0.5) is 11.8 Å². The smallest absolute Gasteiger partial charge is 0.223 e. The average Bonchev–Trinajstić information content (AvgIpc) is 2.91. The average molecular weight is 299 g/mol. The van der Waals surface area contributed by atoms with Crippen LogP contribution in [0.25, 0.3) is 10.2 Å². The highest BCUT2D eigenvalue weighted by Crippen LogP contribution is 2.29. The van der Waals surface area contributed by atoms with Crippen LogP contribution < -0.4 is 11.1 Å². The number of anilines is 2. The fourth-order valence-electron chi connectivity index (χ4n) is 2.17. The van der Waals surface area contributed by atoms with Crippen LogP contribution in [0, 0.1) is 0 Å². The Kier molecular flexibility index (Phi) is 3.96. The highest BCUT2D eigenvalue weighted by atomic mass is 32.1. The normalized spacial score (nSPS) is 10.9. The molecule has 0 saturated heterocycles. The zero-order chi connectivity index (χ0) is 14.7. The maximum atomic E-state index is 5.79. The van der Waals surface area contributed by atoms with Gasteiger partial charge in [-0.05, 0) is 36.6 Å². The summed E-state index contributed by atoms with van der Waals surface area (Å²) in [5.41, 5.74) is 7.04. The van der Waals surface area contributed by atoms with Gasteiger partial charge in [-0.1, -0.05) is 6.92 Å². The molecule has 3 rings (SSSR count). The number of nitrogens with one attached hydrogen (secondary N) is 1. The van der Waals surface area contributed by atoms with Gasteiger partial charge in [-0.15, -0.1) is 11.3 Å². The van der Waals surface area contributed by atoms with Crippen LogP contribution in [0.5, 0.6) is 0 Å². The minimum absolute atomic E-state index is 0.318. The molecule has 5 nitrogen and oxygen atoms in total. The lowest BCUT2D eigenvalue weighted by atomic mass is 10.2. The molecule has 0 aromatic carbocycles. The number of nitrogens with zero attached hydrogens (tertiary/aromatic N) is 3. The Hall–Kier alpha value is -2.21. The topological polar surface area (TPSA) is 76.7 Å². The van der Waals surface area contributed by atoms with E-state index in [1.807, 2.05) is 24.5 Å². The molecule has 0 bridgehead atoms. The molecule has 0 saturated carbocycles. The summed E-state index contributed by atoms with van der Waals surface area (Å²) >= 11 is 1.68. The Morgan fingerprint density at radius 2 is 2.05 bits per heavy atom. The van der Waals surface area contributed by atoms with E-state index >= 15 is 0 Å². The van der Waals surface area contributed by atoms with Crippen molar-refractivity contribution in [3.63, 3.8) is 0 Å². The van der Waals surface area contributed by atoms with Crippen molar-refractivity contribution in [3.05, 3.63) is 41.0 Å². The Morgan fingerprint density at radius 1 is 1.24 bits per heavy atom. The van der Waals surface area contributed by atoms with E-state index in [9.17, 15) is 0 Å². The van der Waals surface area contributed by atoms with Crippen molar-refractivity contribution >= 4 is 33.3 Å². The van der Waals surface area contributed by atoms with Crippen LogP contribution in [0.3, 0.4) is 0 Å². The molecule has 0 unspecified atom stereocenters. The predicted molar refractivity (Wildman–Crippen MR) is 87.6 cm³/mol. The zero-order valence-corrected chi connectivity index (χ0v) is 12.7. The molecule has 0 aliphatic rings. The van der Waals surface area contributed by atoms with Crippen molar-refractivity contribution in [3.8, 4) is 0 Å². The van der Waals surface area contributed by atoms with Gasteiger partial charge in [0.25, 0.3) is 0 Å². The van der Waals surface area contributed by atoms with Crippen LogP contribution in [0.1, 0.15) is 17.4 Å². The second-order valence-corrected chi connectivity index (χ2v) is 5.86. The molecule has 3 aromatic heterocycles. The Bertz CT molecular complexity index is 738. The van der Waals surface area contributed by atoms with Gasteiger partial charge in [-0.3, -0.25) is 4.98 Å². The molecular weight excluding hydrogens is 282 g/mol. The van der Waals surface area contributed by atoms with E-state index in [4.69, 9.17) is 5.73 Å². The van der Waals surface area contributed by atoms with Crippen molar-refractivity contribution < 1.29 is 0 Å². The quantitative estimate of drug-likeness (QED) is 0.757. The summed E-state index contributed by atoms with van der Waals surface area (Å²) < 4.78 is 0. The molecular formula is C15H17N5S. The lowest BCUT2D eigenvalue weighted by Gasteiger charge is -2.07. The number of aromatic nitrogens is 3. The SMILES string of the molecule is CCc1cc2c(NCCc3ccncc3)nc(N)nc2s1. The first-order valence-corrected chi connectivity index (χ1v) is 7.76. The highest BCUT2D eigenvalue weighted by molar-refractivity contribution is 7.18. The van der Waals surface area contributed by atoms with Gasteiger partial charge in [0.1, 0.15) is 10.6 Å². The summed E-state index contributed by atoms with van der Waals surface area (Å²) in [6.07, 6.45) is 5.53. The molecule has 108 valence electrons. The van der Waals surface area contributed by atoms with E-state index in [2.05, 4.69) is 33.3 Å². The molecule has 3 N–H and O–H groups in total. The number of aryl methyl sites for hydroxylation is 1. The lowest BCUT2D eigenvalue weighted by Crippen LogP contribution is -2.08. The number of hydrogen-bond donors (Lipinski definition) is 2. The third-order valence-electron chi connectivity index (χ3n) is 3.27. The summed E-state index contributed by atoms with van der Waals surface area (Å²) in [4.78, 5) is 14.9. The van der Waals surface area contributed by atoms with Crippen LogP contribution in [-0.2, 0) is 12.8 Å². The van der Waals surface area contributed by atoms with Crippen molar-refractivity contribution in [2.75, 3.05) is 17.6 Å². The second kappa shape index (κ2) is 6.05. The van der Waals surface area contributed by atoms with Gasteiger partial charge >= 0.3 is 0 Å². The summed E-state index contributed by atoms with van der Waals surface area (Å²) in [5.74, 6) is 1.14. The van der Waals surface area contributed by atoms with Crippen LogP contribution >= 0.6 is 11.3 Å². The maximum absolute atomic E-state index is 5.79. The predicted octanol–water partition coefficient (Wildman–Crippen LogP) is 2.89. The van der Waals surface area contributed by atoms with Crippen molar-refractivity contribution in [2.45, 2.75) is 19.8 Å². The number of pyridine rings is 1. The van der Waals surface area contributed by atoms with E-state index in [1.165, 1.54) is 10.4 Å². The summed E-state index contributed by atoms with van der Waals surface area (Å²) in [6.45, 7) is 2.94. The van der Waals surface area contributed by atoms with E-state index in [1.54, 1.807) is 11.3 Å². The summed E-state index contributed by atoms with van der Waals surface area (Å²) in [6, 6.07) is 6.19. The van der Waals surface area contributed by atoms with Gasteiger partial charge in [0.05, 0.1) is 5.39 Å². The molecule has 0 amide bonds. The minimum atomic E-state index is 0.318. The molecule has 0 radical (unpaired) electrons. The first-order valence-electron chi connectivity index (χ1n) is 6.95. The fraction of sp³-hybridized carbons (Fsp3) is 0.267. The fourth-order valence-corrected chi connectivity index (χ4v) is 3.15. The number of thiophene rings is 1. The van der Waals surface area contributed by atoms with E-state index in [0.29, 0.717) is 5.95 Å². The number of hydrogen-bond acceptors (Lipinski definition) is 6. The Balaban J connectivity index is 1.78.